The normalized spacial score (nSPS) is 11.6. The van der Waals surface area contributed by atoms with Crippen molar-refractivity contribution in [1.82, 2.24) is 14.8 Å². The highest BCUT2D eigenvalue weighted by Gasteiger charge is 2.35. The summed E-state index contributed by atoms with van der Waals surface area (Å²) in [6.07, 6.45) is 2.57. The van der Waals surface area contributed by atoms with Crippen LogP contribution in [0.25, 0.3) is 0 Å². The van der Waals surface area contributed by atoms with Crippen molar-refractivity contribution in [2.45, 2.75) is 58.4 Å². The molecule has 1 aromatic heterocycles. The van der Waals surface area contributed by atoms with E-state index in [1.54, 1.807) is 16.8 Å². The molecule has 0 spiro atoms. The monoisotopic (exact) mass is 427 g/mol. The third kappa shape index (κ3) is 5.54. The average Bonchev–Trinajstić information content (AvgIpc) is 3.17. The maximum Gasteiger partial charge on any atom is 0.335 e. The van der Waals surface area contributed by atoms with Gasteiger partial charge in [0.15, 0.2) is 0 Å². The molecule has 0 saturated heterocycles. The van der Waals surface area contributed by atoms with Crippen molar-refractivity contribution in [3.8, 4) is 0 Å². The summed E-state index contributed by atoms with van der Waals surface area (Å²) in [4.78, 5) is 15.5. The number of carboxylic acids is 1. The standard InChI is InChI=1S/C24H27F2N3O2/c1-3-5-10-21-27-23(24(25,26)4-2)28-29(21)16-18-13-11-17(12-14-18)15-19-8-6-7-9-20(19)22(30)31/h6-9,11-14H,3-5,10,15-16H2,1-2H3,(H,30,31). The van der Waals surface area contributed by atoms with Gasteiger partial charge in [-0.3, -0.25) is 0 Å². The zero-order valence-corrected chi connectivity index (χ0v) is 17.8. The molecule has 3 aromatic rings. The second-order valence-electron chi connectivity index (χ2n) is 7.63. The van der Waals surface area contributed by atoms with Gasteiger partial charge in [0.1, 0.15) is 5.82 Å². The molecule has 0 unspecified atom stereocenters. The SMILES string of the molecule is CCCCc1nc(C(F)(F)CC)nn1Cc1ccc(Cc2ccccc2C(=O)O)cc1. The maximum absolute atomic E-state index is 14.1. The first-order chi connectivity index (χ1) is 14.8. The van der Waals surface area contributed by atoms with Crippen molar-refractivity contribution in [3.63, 3.8) is 0 Å². The molecule has 0 radical (unpaired) electrons. The van der Waals surface area contributed by atoms with Crippen LogP contribution in [0.5, 0.6) is 0 Å². The Labute approximate surface area is 180 Å². The summed E-state index contributed by atoms with van der Waals surface area (Å²) < 4.78 is 29.8. The van der Waals surface area contributed by atoms with Gasteiger partial charge in [-0.05, 0) is 35.6 Å². The topological polar surface area (TPSA) is 68.0 Å². The second-order valence-corrected chi connectivity index (χ2v) is 7.63. The van der Waals surface area contributed by atoms with Crippen LogP contribution in [0.3, 0.4) is 0 Å². The molecule has 1 heterocycles. The van der Waals surface area contributed by atoms with Crippen molar-refractivity contribution < 1.29 is 18.7 Å². The van der Waals surface area contributed by atoms with Gasteiger partial charge in [0, 0.05) is 12.8 Å². The van der Waals surface area contributed by atoms with E-state index < -0.39 is 17.7 Å². The number of nitrogens with zero attached hydrogens (tertiary/aromatic N) is 3. The quantitative estimate of drug-likeness (QED) is 0.467. The minimum atomic E-state index is -3.03. The Morgan fingerprint density at radius 1 is 1.06 bits per heavy atom. The molecule has 1 N–H and O–H groups in total. The van der Waals surface area contributed by atoms with E-state index in [1.165, 1.54) is 6.92 Å². The van der Waals surface area contributed by atoms with Gasteiger partial charge in [-0.1, -0.05) is 62.7 Å². The zero-order chi connectivity index (χ0) is 22.4. The third-order valence-electron chi connectivity index (χ3n) is 5.27. The molecule has 0 bridgehead atoms. The number of carbonyl (C=O) groups is 1. The van der Waals surface area contributed by atoms with Gasteiger partial charge in [0.05, 0.1) is 12.1 Å². The first kappa shape index (κ1) is 22.6. The Bertz CT molecular complexity index is 1030. The summed E-state index contributed by atoms with van der Waals surface area (Å²) in [5, 5.41) is 13.5. The molecule has 5 nitrogen and oxygen atoms in total. The molecular weight excluding hydrogens is 400 g/mol. The fourth-order valence-electron chi connectivity index (χ4n) is 3.37. The zero-order valence-electron chi connectivity index (χ0n) is 17.8. The van der Waals surface area contributed by atoms with Crippen LogP contribution < -0.4 is 0 Å². The van der Waals surface area contributed by atoms with Gasteiger partial charge < -0.3 is 5.11 Å². The van der Waals surface area contributed by atoms with Crippen molar-refractivity contribution in [2.75, 3.05) is 0 Å². The number of unbranched alkanes of at least 4 members (excludes halogenated alkanes) is 1. The number of aromatic nitrogens is 3. The van der Waals surface area contributed by atoms with Crippen LogP contribution in [0.2, 0.25) is 0 Å². The van der Waals surface area contributed by atoms with E-state index in [9.17, 15) is 18.7 Å². The first-order valence-electron chi connectivity index (χ1n) is 10.5. The van der Waals surface area contributed by atoms with Crippen LogP contribution in [0.15, 0.2) is 48.5 Å². The highest BCUT2D eigenvalue weighted by Crippen LogP contribution is 2.29. The van der Waals surface area contributed by atoms with E-state index in [1.807, 2.05) is 43.3 Å². The molecule has 0 saturated carbocycles. The van der Waals surface area contributed by atoms with Crippen LogP contribution in [0.1, 0.15) is 71.8 Å². The molecule has 0 atom stereocenters. The molecule has 0 aliphatic heterocycles. The number of carboxylic acid groups (broad SMARTS) is 1. The van der Waals surface area contributed by atoms with Gasteiger partial charge in [-0.2, -0.15) is 8.78 Å². The number of alkyl halides is 2. The van der Waals surface area contributed by atoms with Crippen molar-refractivity contribution in [3.05, 3.63) is 82.4 Å². The lowest BCUT2D eigenvalue weighted by Gasteiger charge is -2.09. The Morgan fingerprint density at radius 2 is 1.74 bits per heavy atom. The number of aromatic carboxylic acids is 1. The van der Waals surface area contributed by atoms with Crippen LogP contribution in [-0.4, -0.2) is 25.8 Å². The number of benzene rings is 2. The van der Waals surface area contributed by atoms with E-state index in [4.69, 9.17) is 0 Å². The predicted octanol–water partition coefficient (Wildman–Crippen LogP) is 5.46. The van der Waals surface area contributed by atoms with E-state index in [2.05, 4.69) is 10.1 Å². The summed E-state index contributed by atoms with van der Waals surface area (Å²) in [7, 11) is 0. The summed E-state index contributed by atoms with van der Waals surface area (Å²) in [6.45, 7) is 3.83. The van der Waals surface area contributed by atoms with Gasteiger partial charge in [0.2, 0.25) is 5.82 Å². The average molecular weight is 427 g/mol. The lowest BCUT2D eigenvalue weighted by Crippen LogP contribution is -2.14. The Hall–Kier alpha value is -3.09. The highest BCUT2D eigenvalue weighted by molar-refractivity contribution is 5.89. The molecule has 0 aliphatic carbocycles. The van der Waals surface area contributed by atoms with Crippen LogP contribution in [-0.2, 0) is 25.3 Å². The molecule has 0 fully saturated rings. The van der Waals surface area contributed by atoms with Crippen LogP contribution in [0, 0.1) is 0 Å². The van der Waals surface area contributed by atoms with Gasteiger partial charge in [-0.25, -0.2) is 14.5 Å². The smallest absolute Gasteiger partial charge is 0.335 e. The van der Waals surface area contributed by atoms with Crippen molar-refractivity contribution in [1.29, 1.82) is 0 Å². The maximum atomic E-state index is 14.1. The Balaban J connectivity index is 1.79. The second kappa shape index (κ2) is 9.81. The molecule has 0 amide bonds. The van der Waals surface area contributed by atoms with Gasteiger partial charge >= 0.3 is 11.9 Å². The van der Waals surface area contributed by atoms with Crippen molar-refractivity contribution >= 4 is 5.97 Å². The number of aryl methyl sites for hydroxylation is 1. The summed E-state index contributed by atoms with van der Waals surface area (Å²) >= 11 is 0. The van der Waals surface area contributed by atoms with Crippen molar-refractivity contribution in [2.24, 2.45) is 0 Å². The number of hydrogen-bond donors (Lipinski definition) is 1. The molecule has 2 aromatic carbocycles. The van der Waals surface area contributed by atoms with E-state index in [-0.39, 0.29) is 6.42 Å². The molecular formula is C24H27F2N3O2. The Morgan fingerprint density at radius 3 is 2.39 bits per heavy atom. The van der Waals surface area contributed by atoms with E-state index in [0.717, 1.165) is 29.5 Å². The first-order valence-corrected chi connectivity index (χ1v) is 10.5. The van der Waals surface area contributed by atoms with E-state index in [0.29, 0.717) is 30.8 Å². The number of halogens is 2. The Kier molecular flexibility index (Phi) is 7.15. The van der Waals surface area contributed by atoms with E-state index >= 15 is 0 Å². The van der Waals surface area contributed by atoms with Crippen LogP contribution in [0.4, 0.5) is 8.78 Å². The van der Waals surface area contributed by atoms with Crippen LogP contribution >= 0.6 is 0 Å². The lowest BCUT2D eigenvalue weighted by molar-refractivity contribution is -0.0177. The summed E-state index contributed by atoms with van der Waals surface area (Å²) in [5.74, 6) is -3.82. The predicted molar refractivity (Wildman–Crippen MR) is 115 cm³/mol. The molecule has 7 heteroatoms. The minimum Gasteiger partial charge on any atom is -0.478 e. The molecule has 31 heavy (non-hydrogen) atoms. The lowest BCUT2D eigenvalue weighted by atomic mass is 9.99. The molecule has 3 rings (SSSR count). The number of hydrogen-bond acceptors (Lipinski definition) is 3. The number of rotatable bonds is 10. The van der Waals surface area contributed by atoms with Gasteiger partial charge in [0.25, 0.3) is 0 Å². The third-order valence-corrected chi connectivity index (χ3v) is 5.27. The fraction of sp³-hybridized carbons (Fsp3) is 0.375. The largest absolute Gasteiger partial charge is 0.478 e. The molecule has 0 aliphatic rings. The summed E-state index contributed by atoms with van der Waals surface area (Å²) in [6, 6.07) is 14.6. The highest BCUT2D eigenvalue weighted by atomic mass is 19.3. The summed E-state index contributed by atoms with van der Waals surface area (Å²) in [5.41, 5.74) is 2.93. The fourth-order valence-corrected chi connectivity index (χ4v) is 3.37. The molecule has 164 valence electrons. The minimum absolute atomic E-state index is 0.291. The van der Waals surface area contributed by atoms with Gasteiger partial charge in [-0.15, -0.1) is 5.10 Å².